The summed E-state index contributed by atoms with van der Waals surface area (Å²) in [5.74, 6) is 0. The summed E-state index contributed by atoms with van der Waals surface area (Å²) in [5.41, 5.74) is 1.26. The molecule has 0 spiro atoms. The van der Waals surface area contributed by atoms with Crippen molar-refractivity contribution in [2.45, 2.75) is 47.9 Å². The second-order valence-electron chi connectivity index (χ2n) is 8.92. The highest BCUT2D eigenvalue weighted by molar-refractivity contribution is 9.10. The molecule has 0 radical (unpaired) electrons. The van der Waals surface area contributed by atoms with Gasteiger partial charge in [-0.25, -0.2) is 14.6 Å². The van der Waals surface area contributed by atoms with Gasteiger partial charge in [0, 0.05) is 33.1 Å². The van der Waals surface area contributed by atoms with Gasteiger partial charge in [0.2, 0.25) is 0 Å². The normalized spacial score (nSPS) is 26.2. The van der Waals surface area contributed by atoms with E-state index in [1.54, 1.807) is 16.3 Å². The molecule has 5 heterocycles. The molecule has 14 heteroatoms. The van der Waals surface area contributed by atoms with Crippen LogP contribution in [-0.4, -0.2) is 61.9 Å². The Labute approximate surface area is 251 Å². The van der Waals surface area contributed by atoms with Gasteiger partial charge in [0.05, 0.1) is 12.8 Å². The van der Waals surface area contributed by atoms with Gasteiger partial charge in [0.15, 0.2) is 12.0 Å². The van der Waals surface area contributed by atoms with Crippen LogP contribution < -0.4 is 0 Å². The van der Waals surface area contributed by atoms with E-state index in [9.17, 15) is 5.26 Å². The summed E-state index contributed by atoms with van der Waals surface area (Å²) in [6.45, 7) is 2.64. The first kappa shape index (κ1) is 27.7. The van der Waals surface area contributed by atoms with E-state index in [2.05, 4.69) is 42.3 Å². The minimum Gasteiger partial charge on any atom is -0.373 e. The number of benzene rings is 1. The first-order valence-corrected chi connectivity index (χ1v) is 15.3. The Morgan fingerprint density at radius 3 is 2.90 bits per heavy atom. The van der Waals surface area contributed by atoms with Crippen LogP contribution >= 0.6 is 50.6 Å². The Kier molecular flexibility index (Phi) is 8.47. The summed E-state index contributed by atoms with van der Waals surface area (Å²) in [7, 11) is 0. The van der Waals surface area contributed by atoms with E-state index in [0.29, 0.717) is 39.7 Å². The van der Waals surface area contributed by atoms with E-state index in [0.717, 1.165) is 10.0 Å². The van der Waals surface area contributed by atoms with Crippen LogP contribution in [0.2, 0.25) is 5.15 Å². The Morgan fingerprint density at radius 1 is 1.30 bits per heavy atom. The van der Waals surface area contributed by atoms with E-state index in [4.69, 9.17) is 30.5 Å². The number of pyridine rings is 1. The van der Waals surface area contributed by atoms with Crippen molar-refractivity contribution in [3.05, 3.63) is 75.1 Å². The standard InChI is InChI=1S/C26H22BrClN6O4S2/c1-2-35-23-21(34-11-17(32-33-34)24-31-20(28)13-39-24)22-18(12-36-25(38-22)14-6-4-3-5-7-14)37-26(23)40-19-8-15(27)10-30-16(19)9-29/h3-8,10-11,13,18,21-23,25-26H,2,12H2,1H3/t18?,21?,22-,23?,25?,26+/m0/s1. The van der Waals surface area contributed by atoms with Crippen molar-refractivity contribution in [2.24, 2.45) is 0 Å². The SMILES string of the molecule is CCOC1C(n2cc(-c3nc(Cl)cs3)nn2)[C@H]2OC(c3ccccc3)OCC2O[C@@H]1Sc1cc(Br)cnc1C#N. The van der Waals surface area contributed by atoms with Crippen LogP contribution in [-0.2, 0) is 18.9 Å². The summed E-state index contributed by atoms with van der Waals surface area (Å²) in [6.07, 6.45) is 1.40. The molecule has 2 fully saturated rings. The Hall–Kier alpha value is -2.41. The Balaban J connectivity index is 1.38. The highest BCUT2D eigenvalue weighted by Crippen LogP contribution is 2.45. The molecule has 4 unspecified atom stereocenters. The number of thiazole rings is 1. The van der Waals surface area contributed by atoms with Gasteiger partial charge in [0.25, 0.3) is 0 Å². The molecule has 2 aliphatic heterocycles. The molecular formula is C26H22BrClN6O4S2. The van der Waals surface area contributed by atoms with E-state index in [1.165, 1.54) is 23.1 Å². The lowest BCUT2D eigenvalue weighted by molar-refractivity contribution is -0.309. The van der Waals surface area contributed by atoms with Gasteiger partial charge in [-0.1, -0.05) is 58.9 Å². The predicted molar refractivity (Wildman–Crippen MR) is 152 cm³/mol. The first-order chi connectivity index (χ1) is 19.5. The minimum absolute atomic E-state index is 0.294. The molecule has 10 nitrogen and oxygen atoms in total. The zero-order valence-corrected chi connectivity index (χ0v) is 24.9. The maximum atomic E-state index is 9.69. The number of aromatic nitrogens is 5. The summed E-state index contributed by atoms with van der Waals surface area (Å²) in [4.78, 5) is 9.26. The fourth-order valence-corrected chi connectivity index (χ4v) is 7.33. The van der Waals surface area contributed by atoms with E-state index >= 15 is 0 Å². The molecular weight excluding hydrogens is 640 g/mol. The number of nitriles is 1. The van der Waals surface area contributed by atoms with Gasteiger partial charge < -0.3 is 18.9 Å². The number of hydrogen-bond acceptors (Lipinski definition) is 11. The molecule has 0 N–H and O–H groups in total. The molecule has 40 heavy (non-hydrogen) atoms. The lowest BCUT2D eigenvalue weighted by atomic mass is 9.95. The van der Waals surface area contributed by atoms with Gasteiger partial charge >= 0.3 is 0 Å². The van der Waals surface area contributed by atoms with Crippen LogP contribution in [0.4, 0.5) is 0 Å². The van der Waals surface area contributed by atoms with Crippen molar-refractivity contribution in [3.8, 4) is 16.8 Å². The van der Waals surface area contributed by atoms with Gasteiger partial charge in [-0.05, 0) is 28.9 Å². The Bertz CT molecular complexity index is 1520. The molecule has 6 atom stereocenters. The molecule has 0 aliphatic carbocycles. The molecule has 2 saturated heterocycles. The molecule has 3 aromatic heterocycles. The van der Waals surface area contributed by atoms with E-state index in [-0.39, 0.29) is 0 Å². The van der Waals surface area contributed by atoms with Gasteiger partial charge in [-0.3, -0.25) is 0 Å². The molecule has 0 saturated carbocycles. The summed E-state index contributed by atoms with van der Waals surface area (Å²) in [5, 5.41) is 21.4. The summed E-state index contributed by atoms with van der Waals surface area (Å²) >= 11 is 12.3. The van der Waals surface area contributed by atoms with Crippen molar-refractivity contribution in [1.29, 1.82) is 5.26 Å². The second-order valence-corrected chi connectivity index (χ2v) is 12.2. The lowest BCUT2D eigenvalue weighted by Gasteiger charge is -2.49. The molecule has 0 amide bonds. The zero-order chi connectivity index (χ0) is 27.6. The highest BCUT2D eigenvalue weighted by atomic mass is 79.9. The fraction of sp³-hybridized carbons (Fsp3) is 0.346. The Morgan fingerprint density at radius 2 is 2.15 bits per heavy atom. The van der Waals surface area contributed by atoms with Crippen molar-refractivity contribution in [1.82, 2.24) is 25.0 Å². The molecule has 206 valence electrons. The predicted octanol–water partition coefficient (Wildman–Crippen LogP) is 5.66. The van der Waals surface area contributed by atoms with Crippen molar-refractivity contribution >= 4 is 50.6 Å². The average molecular weight is 662 g/mol. The van der Waals surface area contributed by atoms with E-state index in [1.807, 2.05) is 49.5 Å². The number of hydrogen-bond donors (Lipinski definition) is 0. The molecule has 2 aliphatic rings. The van der Waals surface area contributed by atoms with Gasteiger partial charge in [-0.15, -0.1) is 16.4 Å². The third-order valence-electron chi connectivity index (χ3n) is 6.42. The first-order valence-electron chi connectivity index (χ1n) is 12.4. The summed E-state index contributed by atoms with van der Waals surface area (Å²) in [6, 6.07) is 13.3. The highest BCUT2D eigenvalue weighted by Gasteiger charge is 2.52. The third kappa shape index (κ3) is 5.68. The smallest absolute Gasteiger partial charge is 0.184 e. The zero-order valence-electron chi connectivity index (χ0n) is 21.0. The van der Waals surface area contributed by atoms with Crippen LogP contribution in [0.5, 0.6) is 0 Å². The fourth-order valence-electron chi connectivity index (χ4n) is 4.72. The van der Waals surface area contributed by atoms with Crippen molar-refractivity contribution in [2.75, 3.05) is 13.2 Å². The molecule has 4 aromatic rings. The molecule has 0 bridgehead atoms. The van der Waals surface area contributed by atoms with Crippen LogP contribution in [0.15, 0.2) is 63.5 Å². The molecule has 6 rings (SSSR count). The number of nitrogens with zero attached hydrogens (tertiary/aromatic N) is 6. The van der Waals surface area contributed by atoms with Gasteiger partial charge in [0.1, 0.15) is 51.7 Å². The van der Waals surface area contributed by atoms with Crippen LogP contribution in [0.1, 0.15) is 30.5 Å². The minimum atomic E-state index is -0.583. The lowest BCUT2D eigenvalue weighted by Crippen LogP contribution is -2.59. The maximum absolute atomic E-state index is 9.69. The quantitative estimate of drug-likeness (QED) is 0.246. The number of halogens is 2. The largest absolute Gasteiger partial charge is 0.373 e. The third-order valence-corrected chi connectivity index (χ3v) is 9.22. The summed E-state index contributed by atoms with van der Waals surface area (Å²) < 4.78 is 28.1. The number of rotatable bonds is 7. The second kappa shape index (κ2) is 12.2. The van der Waals surface area contributed by atoms with Crippen molar-refractivity contribution in [3.63, 3.8) is 0 Å². The maximum Gasteiger partial charge on any atom is 0.184 e. The number of fused-ring (bicyclic) bond motifs is 1. The van der Waals surface area contributed by atoms with Crippen molar-refractivity contribution < 1.29 is 18.9 Å². The monoisotopic (exact) mass is 660 g/mol. The topological polar surface area (TPSA) is 117 Å². The van der Waals surface area contributed by atoms with Crippen LogP contribution in [0.25, 0.3) is 10.7 Å². The van der Waals surface area contributed by atoms with E-state index < -0.39 is 36.1 Å². The van der Waals surface area contributed by atoms with Crippen LogP contribution in [0.3, 0.4) is 0 Å². The van der Waals surface area contributed by atoms with Crippen LogP contribution in [0, 0.1) is 11.3 Å². The number of ether oxygens (including phenoxy) is 4. The average Bonchev–Trinajstić information content (AvgIpc) is 3.63. The van der Waals surface area contributed by atoms with Gasteiger partial charge in [-0.2, -0.15) is 5.26 Å². The molecule has 1 aromatic carbocycles. The number of thioether (sulfide) groups is 1.